The van der Waals surface area contributed by atoms with Gasteiger partial charge in [-0.25, -0.2) is 4.79 Å². The first-order valence-electron chi connectivity index (χ1n) is 4.63. The molecule has 2 rings (SSSR count). The lowest BCUT2D eigenvalue weighted by Gasteiger charge is -2.31. The van der Waals surface area contributed by atoms with Gasteiger partial charge in [0.1, 0.15) is 6.04 Å². The molecule has 0 aromatic heterocycles. The lowest BCUT2D eigenvalue weighted by Crippen LogP contribution is -2.48. The summed E-state index contributed by atoms with van der Waals surface area (Å²) < 4.78 is 0. The van der Waals surface area contributed by atoms with Crippen molar-refractivity contribution in [2.24, 2.45) is 5.92 Å². The molecule has 1 aliphatic heterocycles. The van der Waals surface area contributed by atoms with Gasteiger partial charge >= 0.3 is 5.97 Å². The lowest BCUT2D eigenvalue weighted by molar-refractivity contribution is -0.151. The molecule has 4 nitrogen and oxygen atoms in total. The minimum Gasteiger partial charge on any atom is -0.480 e. The molecule has 0 aromatic carbocycles. The summed E-state index contributed by atoms with van der Waals surface area (Å²) in [5.41, 5.74) is 0. The number of fused-ring (bicyclic) bond motifs is 2. The molecule has 1 amide bonds. The highest BCUT2D eigenvalue weighted by Gasteiger charge is 2.50. The first-order valence-corrected chi connectivity index (χ1v) is 4.63. The van der Waals surface area contributed by atoms with Crippen molar-refractivity contribution in [1.82, 2.24) is 4.90 Å². The van der Waals surface area contributed by atoms with Crippen LogP contribution in [0.15, 0.2) is 0 Å². The van der Waals surface area contributed by atoms with Gasteiger partial charge in [-0.2, -0.15) is 0 Å². The Bertz CT molecular complexity index is 238. The van der Waals surface area contributed by atoms with Crippen LogP contribution in [0.25, 0.3) is 0 Å². The molecular formula is C9H13NO3. The average Bonchev–Trinajstić information content (AvgIpc) is 2.60. The van der Waals surface area contributed by atoms with Gasteiger partial charge < -0.3 is 10.0 Å². The molecule has 3 atom stereocenters. The van der Waals surface area contributed by atoms with Crippen molar-refractivity contribution in [3.63, 3.8) is 0 Å². The van der Waals surface area contributed by atoms with Crippen molar-refractivity contribution in [2.75, 3.05) is 0 Å². The Balaban J connectivity index is 2.24. The normalized spacial score (nSPS) is 36.7. The Morgan fingerprint density at radius 1 is 1.38 bits per heavy atom. The van der Waals surface area contributed by atoms with E-state index in [-0.39, 0.29) is 17.9 Å². The maximum atomic E-state index is 11.2. The van der Waals surface area contributed by atoms with Crippen LogP contribution in [0.4, 0.5) is 0 Å². The highest BCUT2D eigenvalue weighted by Crippen LogP contribution is 2.42. The van der Waals surface area contributed by atoms with Gasteiger partial charge in [0.05, 0.1) is 0 Å². The molecular weight excluding hydrogens is 170 g/mol. The number of aliphatic carboxylic acids is 1. The minimum absolute atomic E-state index is 0.0976. The zero-order chi connectivity index (χ0) is 9.59. The van der Waals surface area contributed by atoms with E-state index in [0.29, 0.717) is 0 Å². The Kier molecular flexibility index (Phi) is 1.78. The van der Waals surface area contributed by atoms with Gasteiger partial charge in [-0.15, -0.1) is 0 Å². The molecule has 2 fully saturated rings. The number of hydrogen-bond donors (Lipinski definition) is 1. The molecule has 4 heteroatoms. The largest absolute Gasteiger partial charge is 0.480 e. The average molecular weight is 183 g/mol. The molecule has 0 radical (unpaired) electrons. The summed E-state index contributed by atoms with van der Waals surface area (Å²) in [6.07, 6.45) is 2.83. The zero-order valence-electron chi connectivity index (χ0n) is 7.56. The molecule has 1 heterocycles. The second-order valence-electron chi connectivity index (χ2n) is 3.94. The van der Waals surface area contributed by atoms with E-state index in [2.05, 4.69) is 0 Å². The summed E-state index contributed by atoms with van der Waals surface area (Å²) in [5.74, 6) is -0.742. The number of piperidine rings is 1. The molecule has 1 N–H and O–H groups in total. The van der Waals surface area contributed by atoms with Gasteiger partial charge in [-0.3, -0.25) is 4.79 Å². The summed E-state index contributed by atoms with van der Waals surface area (Å²) >= 11 is 0. The smallest absolute Gasteiger partial charge is 0.326 e. The predicted octanol–water partition coefficient (Wildman–Crippen LogP) is 0.470. The van der Waals surface area contributed by atoms with Crippen LogP contribution in [0.3, 0.4) is 0 Å². The van der Waals surface area contributed by atoms with E-state index in [1.807, 2.05) is 0 Å². The number of carboxylic acids is 1. The third-order valence-electron chi connectivity index (χ3n) is 3.20. The SMILES string of the molecule is CC(=O)N1[C@@H]2CC[C@@H](C2)[C@H]1C(=O)O. The molecule has 0 unspecified atom stereocenters. The highest BCUT2D eigenvalue weighted by molar-refractivity contribution is 5.84. The molecule has 2 aliphatic rings. The van der Waals surface area contributed by atoms with Crippen molar-refractivity contribution in [1.29, 1.82) is 0 Å². The van der Waals surface area contributed by atoms with Gasteiger partial charge in [-0.05, 0) is 25.2 Å². The van der Waals surface area contributed by atoms with Crippen LogP contribution in [0.5, 0.6) is 0 Å². The number of amides is 1. The van der Waals surface area contributed by atoms with E-state index < -0.39 is 12.0 Å². The lowest BCUT2D eigenvalue weighted by atomic mass is 9.99. The Morgan fingerprint density at radius 2 is 2.08 bits per heavy atom. The Hall–Kier alpha value is -1.06. The van der Waals surface area contributed by atoms with Gasteiger partial charge in [0.2, 0.25) is 5.91 Å². The topological polar surface area (TPSA) is 57.6 Å². The summed E-state index contributed by atoms with van der Waals surface area (Å²) in [4.78, 5) is 23.7. The van der Waals surface area contributed by atoms with E-state index >= 15 is 0 Å². The van der Waals surface area contributed by atoms with Crippen molar-refractivity contribution >= 4 is 11.9 Å². The second kappa shape index (κ2) is 2.72. The third-order valence-corrected chi connectivity index (χ3v) is 3.20. The van der Waals surface area contributed by atoms with E-state index in [0.717, 1.165) is 19.3 Å². The van der Waals surface area contributed by atoms with Crippen LogP contribution in [0.1, 0.15) is 26.2 Å². The predicted molar refractivity (Wildman–Crippen MR) is 45.1 cm³/mol. The maximum absolute atomic E-state index is 11.2. The van der Waals surface area contributed by atoms with Crippen molar-refractivity contribution in [2.45, 2.75) is 38.3 Å². The van der Waals surface area contributed by atoms with E-state index in [1.165, 1.54) is 6.92 Å². The molecule has 0 spiro atoms. The first-order chi connectivity index (χ1) is 6.11. The molecule has 0 aromatic rings. The number of carbonyl (C=O) groups is 2. The second-order valence-corrected chi connectivity index (χ2v) is 3.94. The summed E-state index contributed by atoms with van der Waals surface area (Å²) in [6.45, 7) is 1.46. The van der Waals surface area contributed by atoms with Gasteiger partial charge in [-0.1, -0.05) is 0 Å². The fourth-order valence-corrected chi connectivity index (χ4v) is 2.76. The van der Waals surface area contributed by atoms with Gasteiger partial charge in [0, 0.05) is 13.0 Å². The standard InChI is InChI=1S/C9H13NO3/c1-5(11)10-7-3-2-6(4-7)8(10)9(12)13/h6-8H,2-4H2,1H3,(H,12,13)/t6-,7+,8-/m0/s1. The zero-order valence-corrected chi connectivity index (χ0v) is 7.56. The number of hydrogen-bond acceptors (Lipinski definition) is 2. The van der Waals surface area contributed by atoms with Crippen LogP contribution >= 0.6 is 0 Å². The monoisotopic (exact) mass is 183 g/mol. The number of rotatable bonds is 1. The van der Waals surface area contributed by atoms with Crippen LogP contribution in [-0.2, 0) is 9.59 Å². The third kappa shape index (κ3) is 1.12. The van der Waals surface area contributed by atoms with Crippen molar-refractivity contribution in [3.05, 3.63) is 0 Å². The van der Waals surface area contributed by atoms with Crippen LogP contribution < -0.4 is 0 Å². The van der Waals surface area contributed by atoms with E-state index in [4.69, 9.17) is 5.11 Å². The summed E-state index contributed by atoms with van der Waals surface area (Å²) in [7, 11) is 0. The molecule has 1 saturated carbocycles. The summed E-state index contributed by atoms with van der Waals surface area (Å²) in [6, 6.07) is -0.347. The highest BCUT2D eigenvalue weighted by atomic mass is 16.4. The van der Waals surface area contributed by atoms with Crippen molar-refractivity contribution < 1.29 is 14.7 Å². The molecule has 13 heavy (non-hydrogen) atoms. The minimum atomic E-state index is -0.845. The fraction of sp³-hybridized carbons (Fsp3) is 0.778. The van der Waals surface area contributed by atoms with Crippen LogP contribution in [0.2, 0.25) is 0 Å². The van der Waals surface area contributed by atoms with Gasteiger partial charge in [0.25, 0.3) is 0 Å². The first kappa shape index (κ1) is 8.53. The van der Waals surface area contributed by atoms with Crippen molar-refractivity contribution in [3.8, 4) is 0 Å². The molecule has 72 valence electrons. The number of carboxylic acid groups (broad SMARTS) is 1. The Labute approximate surface area is 76.5 Å². The maximum Gasteiger partial charge on any atom is 0.326 e. The van der Waals surface area contributed by atoms with Crippen LogP contribution in [0, 0.1) is 5.92 Å². The Morgan fingerprint density at radius 3 is 2.54 bits per heavy atom. The number of likely N-dealkylation sites (tertiary alicyclic amines) is 1. The van der Waals surface area contributed by atoms with E-state index in [1.54, 1.807) is 4.90 Å². The van der Waals surface area contributed by atoms with Gasteiger partial charge in [0.15, 0.2) is 0 Å². The number of carbonyl (C=O) groups excluding carboxylic acids is 1. The van der Waals surface area contributed by atoms with Crippen LogP contribution in [-0.4, -0.2) is 34.0 Å². The van der Waals surface area contributed by atoms with E-state index in [9.17, 15) is 9.59 Å². The quantitative estimate of drug-likeness (QED) is 0.643. The number of nitrogens with zero attached hydrogens (tertiary/aromatic N) is 1. The summed E-state index contributed by atoms with van der Waals surface area (Å²) in [5, 5.41) is 8.96. The fourth-order valence-electron chi connectivity index (χ4n) is 2.76. The molecule has 1 aliphatic carbocycles. The molecule has 2 bridgehead atoms. The molecule has 1 saturated heterocycles.